The van der Waals surface area contributed by atoms with Crippen molar-refractivity contribution in [3.05, 3.63) is 29.8 Å². The van der Waals surface area contributed by atoms with Crippen LogP contribution in [0.1, 0.15) is 25.7 Å². The van der Waals surface area contributed by atoms with E-state index >= 15 is 0 Å². The summed E-state index contributed by atoms with van der Waals surface area (Å²) in [6.07, 6.45) is 2.33. The minimum atomic E-state index is -0.685. The van der Waals surface area contributed by atoms with Crippen LogP contribution in [0.5, 0.6) is 0 Å². The molecule has 0 saturated heterocycles. The van der Waals surface area contributed by atoms with Crippen LogP contribution in [0.4, 0.5) is 19.3 Å². The first-order chi connectivity index (χ1) is 9.04. The van der Waals surface area contributed by atoms with E-state index in [9.17, 15) is 18.7 Å². The molecule has 1 saturated carbocycles. The Bertz CT molecular complexity index is 460. The molecule has 1 fully saturated rings. The smallest absolute Gasteiger partial charge is 0.319 e. The van der Waals surface area contributed by atoms with Gasteiger partial charge in [0.2, 0.25) is 0 Å². The lowest BCUT2D eigenvalue weighted by atomic mass is 9.93. The summed E-state index contributed by atoms with van der Waals surface area (Å²) in [5, 5.41) is 14.3. The third-order valence-electron chi connectivity index (χ3n) is 3.21. The van der Waals surface area contributed by atoms with Gasteiger partial charge in [0.15, 0.2) is 0 Å². The van der Waals surface area contributed by atoms with Crippen LogP contribution in [0.15, 0.2) is 18.2 Å². The summed E-state index contributed by atoms with van der Waals surface area (Å²) in [7, 11) is 0. The summed E-state index contributed by atoms with van der Waals surface area (Å²) in [6.45, 7) is 0. The molecule has 0 bridgehead atoms. The number of hydrogen-bond donors (Lipinski definition) is 3. The molecular formula is C13H16F2N2O2. The van der Waals surface area contributed by atoms with Gasteiger partial charge in [-0.05, 0) is 37.8 Å². The Labute approximate surface area is 109 Å². The molecule has 4 nitrogen and oxygen atoms in total. The molecule has 1 aliphatic rings. The first-order valence-electron chi connectivity index (χ1n) is 6.25. The quantitative estimate of drug-likeness (QED) is 0.772. The third kappa shape index (κ3) is 3.89. The number of halogens is 2. The molecule has 0 radical (unpaired) electrons. The molecule has 2 amide bonds. The Morgan fingerprint density at radius 3 is 2.58 bits per heavy atom. The van der Waals surface area contributed by atoms with Crippen LogP contribution >= 0.6 is 0 Å². The second-order valence-electron chi connectivity index (χ2n) is 4.73. The van der Waals surface area contributed by atoms with Crippen molar-refractivity contribution in [2.45, 2.75) is 37.8 Å². The van der Waals surface area contributed by atoms with Gasteiger partial charge in [0, 0.05) is 12.1 Å². The number of nitrogens with one attached hydrogen (secondary N) is 2. The molecule has 1 aromatic carbocycles. The summed E-state index contributed by atoms with van der Waals surface area (Å²) >= 11 is 0. The number of carbonyl (C=O) groups excluding carboxylic acids is 1. The summed E-state index contributed by atoms with van der Waals surface area (Å²) in [5.41, 5.74) is -0.187. The molecule has 0 aromatic heterocycles. The van der Waals surface area contributed by atoms with Gasteiger partial charge in [-0.3, -0.25) is 0 Å². The number of benzene rings is 1. The van der Waals surface area contributed by atoms with Crippen LogP contribution < -0.4 is 10.6 Å². The second-order valence-corrected chi connectivity index (χ2v) is 4.73. The standard InChI is InChI=1S/C13H16F2N2O2/c14-8-1-6-11(15)12(7-8)17-13(19)16-9-2-4-10(18)5-3-9/h1,6-7,9-10,18H,2-5H2,(H2,16,17,19). The lowest BCUT2D eigenvalue weighted by molar-refractivity contribution is 0.118. The summed E-state index contributed by atoms with van der Waals surface area (Å²) in [4.78, 5) is 11.7. The van der Waals surface area contributed by atoms with Crippen molar-refractivity contribution in [1.29, 1.82) is 0 Å². The Balaban J connectivity index is 1.89. The summed E-state index contributed by atoms with van der Waals surface area (Å²) in [6, 6.07) is 2.27. The fourth-order valence-corrected chi connectivity index (χ4v) is 2.16. The van der Waals surface area contributed by atoms with Gasteiger partial charge in [0.25, 0.3) is 0 Å². The van der Waals surface area contributed by atoms with Crippen molar-refractivity contribution in [2.75, 3.05) is 5.32 Å². The van der Waals surface area contributed by atoms with E-state index in [0.717, 1.165) is 18.2 Å². The predicted octanol–water partition coefficient (Wildman–Crippen LogP) is 2.39. The molecule has 0 heterocycles. The zero-order chi connectivity index (χ0) is 13.8. The second kappa shape index (κ2) is 5.97. The zero-order valence-corrected chi connectivity index (χ0v) is 10.3. The first-order valence-corrected chi connectivity index (χ1v) is 6.25. The largest absolute Gasteiger partial charge is 0.393 e. The molecule has 1 aliphatic carbocycles. The van der Waals surface area contributed by atoms with E-state index in [1.165, 1.54) is 0 Å². The fraction of sp³-hybridized carbons (Fsp3) is 0.462. The SMILES string of the molecule is O=C(Nc1cc(F)ccc1F)NC1CCC(O)CC1. The maximum Gasteiger partial charge on any atom is 0.319 e. The van der Waals surface area contributed by atoms with Gasteiger partial charge in [0.1, 0.15) is 11.6 Å². The first kappa shape index (κ1) is 13.7. The van der Waals surface area contributed by atoms with Crippen LogP contribution in [-0.4, -0.2) is 23.3 Å². The van der Waals surface area contributed by atoms with Crippen LogP contribution in [0.2, 0.25) is 0 Å². The van der Waals surface area contributed by atoms with Gasteiger partial charge in [0.05, 0.1) is 11.8 Å². The van der Waals surface area contributed by atoms with Crippen molar-refractivity contribution < 1.29 is 18.7 Å². The summed E-state index contributed by atoms with van der Waals surface area (Å²) < 4.78 is 26.3. The van der Waals surface area contributed by atoms with Crippen LogP contribution in [0, 0.1) is 11.6 Å². The number of carbonyl (C=O) groups is 1. The van der Waals surface area contributed by atoms with E-state index in [1.54, 1.807) is 0 Å². The van der Waals surface area contributed by atoms with E-state index < -0.39 is 17.7 Å². The monoisotopic (exact) mass is 270 g/mol. The number of rotatable bonds is 2. The number of aliphatic hydroxyl groups is 1. The molecular weight excluding hydrogens is 254 g/mol. The van der Waals surface area contributed by atoms with Gasteiger partial charge in [-0.2, -0.15) is 0 Å². The molecule has 0 atom stereocenters. The molecule has 1 aromatic rings. The molecule has 0 spiro atoms. The average molecular weight is 270 g/mol. The predicted molar refractivity (Wildman–Crippen MR) is 66.8 cm³/mol. The van der Waals surface area contributed by atoms with Crippen molar-refractivity contribution in [2.24, 2.45) is 0 Å². The number of anilines is 1. The molecule has 19 heavy (non-hydrogen) atoms. The van der Waals surface area contributed by atoms with Crippen molar-refractivity contribution in [3.8, 4) is 0 Å². The zero-order valence-electron chi connectivity index (χ0n) is 10.3. The lowest BCUT2D eigenvalue weighted by Crippen LogP contribution is -2.41. The van der Waals surface area contributed by atoms with E-state index in [2.05, 4.69) is 10.6 Å². The molecule has 6 heteroatoms. The highest BCUT2D eigenvalue weighted by Crippen LogP contribution is 2.19. The van der Waals surface area contributed by atoms with Crippen molar-refractivity contribution >= 4 is 11.7 Å². The Kier molecular flexibility index (Phi) is 4.31. The normalized spacial score (nSPS) is 22.9. The highest BCUT2D eigenvalue weighted by molar-refractivity contribution is 5.89. The van der Waals surface area contributed by atoms with Crippen LogP contribution in [0.25, 0.3) is 0 Å². The molecule has 2 rings (SSSR count). The number of aliphatic hydroxyl groups excluding tert-OH is 1. The van der Waals surface area contributed by atoms with Gasteiger partial charge in [-0.15, -0.1) is 0 Å². The number of amides is 2. The van der Waals surface area contributed by atoms with Gasteiger partial charge in [-0.25, -0.2) is 13.6 Å². The van der Waals surface area contributed by atoms with Gasteiger partial charge in [-0.1, -0.05) is 0 Å². The Hall–Kier alpha value is -1.69. The maximum absolute atomic E-state index is 13.3. The van der Waals surface area contributed by atoms with E-state index in [0.29, 0.717) is 25.7 Å². The average Bonchev–Trinajstić information content (AvgIpc) is 2.37. The molecule has 0 aliphatic heterocycles. The Morgan fingerprint density at radius 2 is 1.89 bits per heavy atom. The number of urea groups is 1. The Morgan fingerprint density at radius 1 is 1.21 bits per heavy atom. The van der Waals surface area contributed by atoms with E-state index in [1.807, 2.05) is 0 Å². The molecule has 0 unspecified atom stereocenters. The molecule has 3 N–H and O–H groups in total. The van der Waals surface area contributed by atoms with Gasteiger partial charge < -0.3 is 15.7 Å². The third-order valence-corrected chi connectivity index (χ3v) is 3.21. The van der Waals surface area contributed by atoms with Crippen LogP contribution in [-0.2, 0) is 0 Å². The molecule has 104 valence electrons. The highest BCUT2D eigenvalue weighted by atomic mass is 19.1. The van der Waals surface area contributed by atoms with E-state index in [4.69, 9.17) is 0 Å². The van der Waals surface area contributed by atoms with Crippen molar-refractivity contribution in [1.82, 2.24) is 5.32 Å². The highest BCUT2D eigenvalue weighted by Gasteiger charge is 2.21. The van der Waals surface area contributed by atoms with E-state index in [-0.39, 0.29) is 17.8 Å². The van der Waals surface area contributed by atoms with Crippen molar-refractivity contribution in [3.63, 3.8) is 0 Å². The van der Waals surface area contributed by atoms with Crippen LogP contribution in [0.3, 0.4) is 0 Å². The summed E-state index contributed by atoms with van der Waals surface area (Å²) in [5.74, 6) is -1.30. The number of hydrogen-bond acceptors (Lipinski definition) is 2. The van der Waals surface area contributed by atoms with Gasteiger partial charge >= 0.3 is 6.03 Å². The minimum Gasteiger partial charge on any atom is -0.393 e. The lowest BCUT2D eigenvalue weighted by Gasteiger charge is -2.26. The minimum absolute atomic E-state index is 0.0416. The topological polar surface area (TPSA) is 61.4 Å². The fourth-order valence-electron chi connectivity index (χ4n) is 2.16. The maximum atomic E-state index is 13.3.